The van der Waals surface area contributed by atoms with Crippen LogP contribution in [0.1, 0.15) is 36.7 Å². The minimum absolute atomic E-state index is 0.118. The third-order valence-corrected chi connectivity index (χ3v) is 4.24. The Kier molecular flexibility index (Phi) is 5.10. The van der Waals surface area contributed by atoms with Crippen LogP contribution in [0, 0.1) is 5.92 Å². The molecule has 0 radical (unpaired) electrons. The van der Waals surface area contributed by atoms with Gasteiger partial charge in [0.25, 0.3) is 0 Å². The van der Waals surface area contributed by atoms with Crippen molar-refractivity contribution >= 4 is 6.03 Å². The molecule has 2 aromatic rings. The van der Waals surface area contributed by atoms with Crippen molar-refractivity contribution in [3.05, 3.63) is 47.6 Å². The van der Waals surface area contributed by atoms with Crippen LogP contribution in [0.5, 0.6) is 0 Å². The number of aliphatic hydroxyl groups excluding tert-OH is 1. The van der Waals surface area contributed by atoms with Gasteiger partial charge in [0.15, 0.2) is 5.82 Å². The predicted octanol–water partition coefficient (Wildman–Crippen LogP) is 1.75. The second-order valence-electron chi connectivity index (χ2n) is 6.16. The lowest BCUT2D eigenvalue weighted by Gasteiger charge is -2.19. The molecular weight excluding hydrogens is 308 g/mol. The molecule has 0 aliphatic carbocycles. The summed E-state index contributed by atoms with van der Waals surface area (Å²) >= 11 is 0. The van der Waals surface area contributed by atoms with Gasteiger partial charge < -0.3 is 19.8 Å². The van der Waals surface area contributed by atoms with Gasteiger partial charge in [0, 0.05) is 25.6 Å². The van der Waals surface area contributed by atoms with E-state index < -0.39 is 0 Å². The predicted molar refractivity (Wildman–Crippen MR) is 87.3 cm³/mol. The molecule has 2 unspecified atom stereocenters. The molecule has 3 rings (SSSR count). The third-order valence-electron chi connectivity index (χ3n) is 4.24. The van der Waals surface area contributed by atoms with Gasteiger partial charge in [-0.25, -0.2) is 4.79 Å². The number of benzene rings is 1. The molecule has 1 saturated heterocycles. The van der Waals surface area contributed by atoms with Crippen molar-refractivity contribution in [3.8, 4) is 0 Å². The Bertz CT molecular complexity index is 673. The quantitative estimate of drug-likeness (QED) is 0.871. The van der Waals surface area contributed by atoms with E-state index in [1.807, 2.05) is 37.3 Å². The molecule has 7 nitrogen and oxygen atoms in total. The molecular formula is C17H22N4O3. The molecule has 1 aromatic carbocycles. The summed E-state index contributed by atoms with van der Waals surface area (Å²) in [4.78, 5) is 18.3. The minimum Gasteiger partial charge on any atom is -0.396 e. The van der Waals surface area contributed by atoms with E-state index in [0.29, 0.717) is 31.2 Å². The van der Waals surface area contributed by atoms with E-state index in [-0.39, 0.29) is 24.6 Å². The molecule has 0 spiro atoms. The van der Waals surface area contributed by atoms with Crippen molar-refractivity contribution in [1.82, 2.24) is 20.4 Å². The van der Waals surface area contributed by atoms with Crippen molar-refractivity contribution in [1.29, 1.82) is 0 Å². The van der Waals surface area contributed by atoms with Crippen LogP contribution in [0.15, 0.2) is 34.9 Å². The van der Waals surface area contributed by atoms with Crippen LogP contribution in [-0.4, -0.2) is 45.9 Å². The van der Waals surface area contributed by atoms with Crippen molar-refractivity contribution in [2.45, 2.75) is 25.8 Å². The highest BCUT2D eigenvalue weighted by atomic mass is 16.5. The molecule has 2 atom stereocenters. The molecule has 2 amide bonds. The summed E-state index contributed by atoms with van der Waals surface area (Å²) in [6.45, 7) is 3.19. The van der Waals surface area contributed by atoms with E-state index in [9.17, 15) is 4.79 Å². The topological polar surface area (TPSA) is 91.5 Å². The maximum Gasteiger partial charge on any atom is 0.317 e. The van der Waals surface area contributed by atoms with Gasteiger partial charge >= 0.3 is 6.03 Å². The van der Waals surface area contributed by atoms with E-state index in [1.165, 1.54) is 0 Å². The number of aliphatic hydroxyl groups is 1. The number of carbonyl (C=O) groups excluding carboxylic acids is 1. The SMILES string of the molecule is CC(NC(=O)N1CCC(CO)C1)c1noc(Cc2ccccc2)n1. The Labute approximate surface area is 140 Å². The van der Waals surface area contributed by atoms with Gasteiger partial charge in [0.1, 0.15) is 0 Å². The van der Waals surface area contributed by atoms with Gasteiger partial charge in [-0.1, -0.05) is 35.5 Å². The molecule has 1 aliphatic rings. The number of likely N-dealkylation sites (tertiary alicyclic amines) is 1. The Morgan fingerprint density at radius 1 is 1.46 bits per heavy atom. The number of rotatable bonds is 5. The van der Waals surface area contributed by atoms with Crippen LogP contribution in [0.25, 0.3) is 0 Å². The Morgan fingerprint density at radius 3 is 2.96 bits per heavy atom. The first kappa shape index (κ1) is 16.4. The number of nitrogens with one attached hydrogen (secondary N) is 1. The number of amides is 2. The van der Waals surface area contributed by atoms with Crippen LogP contribution in [-0.2, 0) is 6.42 Å². The van der Waals surface area contributed by atoms with Crippen LogP contribution >= 0.6 is 0 Å². The summed E-state index contributed by atoms with van der Waals surface area (Å²) in [7, 11) is 0. The smallest absolute Gasteiger partial charge is 0.317 e. The minimum atomic E-state index is -0.334. The standard InChI is InChI=1S/C17H22N4O3/c1-12(18-17(23)21-8-7-14(10-21)11-22)16-19-15(24-20-16)9-13-5-3-2-4-6-13/h2-6,12,14,22H,7-11H2,1H3,(H,18,23). The summed E-state index contributed by atoms with van der Waals surface area (Å²) in [5, 5.41) is 16.0. The van der Waals surface area contributed by atoms with E-state index in [1.54, 1.807) is 4.90 Å². The van der Waals surface area contributed by atoms with Crippen molar-refractivity contribution in [2.24, 2.45) is 5.92 Å². The zero-order valence-corrected chi connectivity index (χ0v) is 13.7. The second kappa shape index (κ2) is 7.44. The first-order valence-corrected chi connectivity index (χ1v) is 8.18. The highest BCUT2D eigenvalue weighted by Gasteiger charge is 2.27. The Hall–Kier alpha value is -2.41. The number of nitrogens with zero attached hydrogens (tertiary/aromatic N) is 3. The maximum atomic E-state index is 12.2. The lowest BCUT2D eigenvalue weighted by Crippen LogP contribution is -2.40. The zero-order chi connectivity index (χ0) is 16.9. The Balaban J connectivity index is 1.56. The van der Waals surface area contributed by atoms with Gasteiger partial charge in [0.05, 0.1) is 12.5 Å². The van der Waals surface area contributed by atoms with Gasteiger partial charge in [-0.3, -0.25) is 0 Å². The van der Waals surface area contributed by atoms with Crippen molar-refractivity contribution in [3.63, 3.8) is 0 Å². The second-order valence-corrected chi connectivity index (χ2v) is 6.16. The fourth-order valence-corrected chi connectivity index (χ4v) is 2.79. The summed E-state index contributed by atoms with van der Waals surface area (Å²) in [6.07, 6.45) is 1.40. The normalized spacial score (nSPS) is 18.6. The summed E-state index contributed by atoms with van der Waals surface area (Å²) in [5.41, 5.74) is 1.09. The summed E-state index contributed by atoms with van der Waals surface area (Å²) < 4.78 is 5.27. The van der Waals surface area contributed by atoms with E-state index in [2.05, 4.69) is 15.5 Å². The molecule has 2 N–H and O–H groups in total. The third kappa shape index (κ3) is 3.91. The number of aromatic nitrogens is 2. The fourth-order valence-electron chi connectivity index (χ4n) is 2.79. The van der Waals surface area contributed by atoms with E-state index in [0.717, 1.165) is 12.0 Å². The highest BCUT2D eigenvalue weighted by Crippen LogP contribution is 2.17. The van der Waals surface area contributed by atoms with Gasteiger partial charge in [0.2, 0.25) is 5.89 Å². The first-order valence-electron chi connectivity index (χ1n) is 8.18. The number of carbonyl (C=O) groups is 1. The van der Waals surface area contributed by atoms with Crippen LogP contribution in [0.2, 0.25) is 0 Å². The highest BCUT2D eigenvalue weighted by molar-refractivity contribution is 5.74. The van der Waals surface area contributed by atoms with Crippen LogP contribution < -0.4 is 5.32 Å². The molecule has 128 valence electrons. The zero-order valence-electron chi connectivity index (χ0n) is 13.7. The van der Waals surface area contributed by atoms with Crippen molar-refractivity contribution < 1.29 is 14.4 Å². The molecule has 0 saturated carbocycles. The molecule has 7 heteroatoms. The molecule has 2 heterocycles. The molecule has 24 heavy (non-hydrogen) atoms. The summed E-state index contributed by atoms with van der Waals surface area (Å²) in [6, 6.07) is 9.39. The lowest BCUT2D eigenvalue weighted by molar-refractivity contribution is 0.195. The Morgan fingerprint density at radius 2 is 2.25 bits per heavy atom. The molecule has 1 aromatic heterocycles. The maximum absolute atomic E-state index is 12.2. The van der Waals surface area contributed by atoms with Gasteiger partial charge in [-0.05, 0) is 18.9 Å². The van der Waals surface area contributed by atoms with Crippen LogP contribution in [0.4, 0.5) is 4.79 Å². The molecule has 1 fully saturated rings. The average Bonchev–Trinajstić information content (AvgIpc) is 3.25. The summed E-state index contributed by atoms with van der Waals surface area (Å²) in [5.74, 6) is 1.17. The number of urea groups is 1. The lowest BCUT2D eigenvalue weighted by atomic mass is 10.1. The van der Waals surface area contributed by atoms with E-state index >= 15 is 0 Å². The largest absolute Gasteiger partial charge is 0.396 e. The monoisotopic (exact) mass is 330 g/mol. The first-order chi connectivity index (χ1) is 11.7. The van der Waals surface area contributed by atoms with Crippen LogP contribution in [0.3, 0.4) is 0 Å². The van der Waals surface area contributed by atoms with Crippen molar-refractivity contribution in [2.75, 3.05) is 19.7 Å². The average molecular weight is 330 g/mol. The fraction of sp³-hybridized carbons (Fsp3) is 0.471. The van der Waals surface area contributed by atoms with E-state index in [4.69, 9.17) is 9.63 Å². The number of hydrogen-bond donors (Lipinski definition) is 2. The van der Waals surface area contributed by atoms with Gasteiger partial charge in [-0.15, -0.1) is 0 Å². The molecule has 1 aliphatic heterocycles. The number of hydrogen-bond acceptors (Lipinski definition) is 5. The van der Waals surface area contributed by atoms with Gasteiger partial charge in [-0.2, -0.15) is 4.98 Å². The molecule has 0 bridgehead atoms.